The van der Waals surface area contributed by atoms with Crippen LogP contribution in [0.15, 0.2) is 4.99 Å². The lowest BCUT2D eigenvalue weighted by Crippen LogP contribution is -2.56. The standard InChI is InChI=1S/C17H36N4O2/c1-15(2)6-10-22-11-7-19-16(18-5)20-14-17(3,4)21-8-12-23-13-9-21/h15H,6-14H2,1-5H3,(H2,18,19,20). The summed E-state index contributed by atoms with van der Waals surface area (Å²) >= 11 is 0. The molecule has 1 heterocycles. The highest BCUT2D eigenvalue weighted by atomic mass is 16.5. The normalized spacial score (nSPS) is 17.6. The molecule has 0 amide bonds. The van der Waals surface area contributed by atoms with Crippen LogP contribution in [0.4, 0.5) is 0 Å². The first-order valence-corrected chi connectivity index (χ1v) is 8.81. The Morgan fingerprint density at radius 3 is 2.52 bits per heavy atom. The van der Waals surface area contributed by atoms with Crippen molar-refractivity contribution in [1.29, 1.82) is 0 Å². The van der Waals surface area contributed by atoms with E-state index in [-0.39, 0.29) is 5.54 Å². The molecule has 6 nitrogen and oxygen atoms in total. The van der Waals surface area contributed by atoms with Crippen molar-refractivity contribution >= 4 is 5.96 Å². The van der Waals surface area contributed by atoms with E-state index in [9.17, 15) is 0 Å². The van der Waals surface area contributed by atoms with E-state index in [4.69, 9.17) is 9.47 Å². The maximum Gasteiger partial charge on any atom is 0.191 e. The van der Waals surface area contributed by atoms with Crippen molar-refractivity contribution in [2.75, 3.05) is 59.7 Å². The molecule has 0 radical (unpaired) electrons. The Morgan fingerprint density at radius 2 is 1.91 bits per heavy atom. The molecule has 0 bridgehead atoms. The molecule has 2 N–H and O–H groups in total. The molecule has 0 atom stereocenters. The highest BCUT2D eigenvalue weighted by molar-refractivity contribution is 5.79. The summed E-state index contributed by atoms with van der Waals surface area (Å²) in [5.41, 5.74) is 0.0785. The van der Waals surface area contributed by atoms with Gasteiger partial charge in [0.2, 0.25) is 0 Å². The third-order valence-corrected chi connectivity index (χ3v) is 4.16. The van der Waals surface area contributed by atoms with Gasteiger partial charge in [0.25, 0.3) is 0 Å². The summed E-state index contributed by atoms with van der Waals surface area (Å²) < 4.78 is 11.0. The Balaban J connectivity index is 2.20. The van der Waals surface area contributed by atoms with Gasteiger partial charge in [-0.05, 0) is 26.2 Å². The number of ether oxygens (including phenoxy) is 2. The third kappa shape index (κ3) is 8.53. The minimum atomic E-state index is 0.0785. The van der Waals surface area contributed by atoms with Crippen LogP contribution in [0, 0.1) is 5.92 Å². The molecular weight excluding hydrogens is 292 g/mol. The topological polar surface area (TPSA) is 58.1 Å². The molecule has 1 aliphatic heterocycles. The van der Waals surface area contributed by atoms with Gasteiger partial charge in [0, 0.05) is 45.4 Å². The number of rotatable bonds is 9. The fourth-order valence-corrected chi connectivity index (χ4v) is 2.46. The minimum Gasteiger partial charge on any atom is -0.380 e. The third-order valence-electron chi connectivity index (χ3n) is 4.16. The van der Waals surface area contributed by atoms with Crippen molar-refractivity contribution < 1.29 is 9.47 Å². The SMILES string of the molecule is CN=C(NCCOCCC(C)C)NCC(C)(C)N1CCOCC1. The largest absolute Gasteiger partial charge is 0.380 e. The van der Waals surface area contributed by atoms with Crippen LogP contribution >= 0.6 is 0 Å². The molecule has 0 spiro atoms. The average molecular weight is 329 g/mol. The number of nitrogens with zero attached hydrogens (tertiary/aromatic N) is 2. The van der Waals surface area contributed by atoms with Gasteiger partial charge < -0.3 is 20.1 Å². The number of nitrogens with one attached hydrogen (secondary N) is 2. The Labute approximate surface area is 142 Å². The van der Waals surface area contributed by atoms with Gasteiger partial charge in [-0.25, -0.2) is 0 Å². The second kappa shape index (κ2) is 10.8. The van der Waals surface area contributed by atoms with E-state index >= 15 is 0 Å². The first-order chi connectivity index (χ1) is 11.0. The van der Waals surface area contributed by atoms with Crippen LogP contribution < -0.4 is 10.6 Å². The molecule has 0 aromatic heterocycles. The van der Waals surface area contributed by atoms with Crippen LogP contribution in [0.3, 0.4) is 0 Å². The molecular formula is C17H36N4O2. The van der Waals surface area contributed by atoms with Gasteiger partial charge in [0.05, 0.1) is 19.8 Å². The zero-order chi connectivity index (χ0) is 17.1. The van der Waals surface area contributed by atoms with Crippen LogP contribution in [0.5, 0.6) is 0 Å². The summed E-state index contributed by atoms with van der Waals surface area (Å²) in [5, 5.41) is 6.72. The summed E-state index contributed by atoms with van der Waals surface area (Å²) in [6.45, 7) is 15.7. The summed E-state index contributed by atoms with van der Waals surface area (Å²) in [6.07, 6.45) is 1.11. The molecule has 0 aliphatic carbocycles. The van der Waals surface area contributed by atoms with Gasteiger partial charge in [-0.3, -0.25) is 9.89 Å². The second-order valence-corrected chi connectivity index (χ2v) is 7.06. The average Bonchev–Trinajstić information content (AvgIpc) is 2.54. The number of guanidine groups is 1. The lowest BCUT2D eigenvalue weighted by molar-refractivity contribution is -0.00834. The highest BCUT2D eigenvalue weighted by Gasteiger charge is 2.28. The molecule has 23 heavy (non-hydrogen) atoms. The predicted octanol–water partition coefficient (Wildman–Crippen LogP) is 1.32. The molecule has 6 heteroatoms. The van der Waals surface area contributed by atoms with Gasteiger partial charge in [-0.15, -0.1) is 0 Å². The van der Waals surface area contributed by atoms with Crippen LogP contribution in [0.2, 0.25) is 0 Å². The summed E-state index contributed by atoms with van der Waals surface area (Å²) in [6, 6.07) is 0. The van der Waals surface area contributed by atoms with Gasteiger partial charge >= 0.3 is 0 Å². The van der Waals surface area contributed by atoms with E-state index in [0.29, 0.717) is 12.5 Å². The Hall–Kier alpha value is -0.850. The molecule has 136 valence electrons. The molecule has 1 fully saturated rings. The first kappa shape index (κ1) is 20.2. The van der Waals surface area contributed by atoms with Crippen molar-refractivity contribution in [3.8, 4) is 0 Å². The van der Waals surface area contributed by atoms with Crippen LogP contribution in [0.25, 0.3) is 0 Å². The van der Waals surface area contributed by atoms with E-state index in [0.717, 1.165) is 58.4 Å². The van der Waals surface area contributed by atoms with E-state index in [1.165, 1.54) is 0 Å². The predicted molar refractivity (Wildman–Crippen MR) is 96.1 cm³/mol. The monoisotopic (exact) mass is 328 g/mol. The van der Waals surface area contributed by atoms with Crippen molar-refractivity contribution in [3.05, 3.63) is 0 Å². The fourth-order valence-electron chi connectivity index (χ4n) is 2.46. The second-order valence-electron chi connectivity index (χ2n) is 7.06. The fraction of sp³-hybridized carbons (Fsp3) is 0.941. The molecule has 1 aliphatic rings. The Bertz CT molecular complexity index is 339. The zero-order valence-electron chi connectivity index (χ0n) is 15.7. The Kier molecular flexibility index (Phi) is 9.52. The Morgan fingerprint density at radius 1 is 1.22 bits per heavy atom. The molecule has 0 unspecified atom stereocenters. The quantitative estimate of drug-likeness (QED) is 0.380. The number of morpholine rings is 1. The molecule has 0 aromatic rings. The van der Waals surface area contributed by atoms with Gasteiger partial charge in [0.15, 0.2) is 5.96 Å². The number of aliphatic imine (C=N–C) groups is 1. The maximum absolute atomic E-state index is 5.61. The van der Waals surface area contributed by atoms with E-state index < -0.39 is 0 Å². The smallest absolute Gasteiger partial charge is 0.191 e. The van der Waals surface area contributed by atoms with E-state index in [1.54, 1.807) is 7.05 Å². The van der Waals surface area contributed by atoms with Crippen molar-refractivity contribution in [2.45, 2.75) is 39.7 Å². The molecule has 0 aromatic carbocycles. The summed E-state index contributed by atoms with van der Waals surface area (Å²) in [7, 11) is 1.80. The lowest BCUT2D eigenvalue weighted by atomic mass is 10.0. The van der Waals surface area contributed by atoms with E-state index in [1.807, 2.05) is 0 Å². The van der Waals surface area contributed by atoms with Crippen LogP contribution in [0.1, 0.15) is 34.1 Å². The maximum atomic E-state index is 5.61. The van der Waals surface area contributed by atoms with Crippen LogP contribution in [-0.2, 0) is 9.47 Å². The zero-order valence-corrected chi connectivity index (χ0v) is 15.7. The minimum absolute atomic E-state index is 0.0785. The molecule has 1 rings (SSSR count). The number of hydrogen-bond acceptors (Lipinski definition) is 4. The summed E-state index contributed by atoms with van der Waals surface area (Å²) in [5.74, 6) is 1.53. The number of hydrogen-bond donors (Lipinski definition) is 2. The highest BCUT2D eigenvalue weighted by Crippen LogP contribution is 2.14. The van der Waals surface area contributed by atoms with Crippen molar-refractivity contribution in [1.82, 2.24) is 15.5 Å². The molecule has 1 saturated heterocycles. The van der Waals surface area contributed by atoms with Crippen LogP contribution in [-0.4, -0.2) is 76.1 Å². The van der Waals surface area contributed by atoms with Gasteiger partial charge in [0.1, 0.15) is 0 Å². The summed E-state index contributed by atoms with van der Waals surface area (Å²) in [4.78, 5) is 6.74. The van der Waals surface area contributed by atoms with Gasteiger partial charge in [-0.1, -0.05) is 13.8 Å². The lowest BCUT2D eigenvalue weighted by Gasteiger charge is -2.41. The first-order valence-electron chi connectivity index (χ1n) is 8.81. The van der Waals surface area contributed by atoms with Crippen molar-refractivity contribution in [3.63, 3.8) is 0 Å². The van der Waals surface area contributed by atoms with E-state index in [2.05, 4.69) is 48.2 Å². The van der Waals surface area contributed by atoms with Gasteiger partial charge in [-0.2, -0.15) is 0 Å². The molecule has 0 saturated carbocycles. The van der Waals surface area contributed by atoms with Crippen molar-refractivity contribution in [2.24, 2.45) is 10.9 Å².